The first-order valence-electron chi connectivity index (χ1n) is 7.78. The molecule has 0 unspecified atom stereocenters. The van der Waals surface area contributed by atoms with Gasteiger partial charge in [0.1, 0.15) is 11.4 Å². The SMILES string of the molecule is Cc1ccc([N+](=O)[O-])cc1NC(=O)Cn1cnc2sc(C)c(C)c2c1=O. The van der Waals surface area contributed by atoms with E-state index in [1.165, 1.54) is 34.4 Å². The zero-order chi connectivity index (χ0) is 19.0. The van der Waals surface area contributed by atoms with Crippen LogP contribution in [0.2, 0.25) is 0 Å². The van der Waals surface area contributed by atoms with Gasteiger partial charge in [0.25, 0.3) is 11.2 Å². The molecule has 0 aliphatic heterocycles. The fourth-order valence-electron chi connectivity index (χ4n) is 2.59. The number of thiophene rings is 1. The molecule has 2 aromatic heterocycles. The number of aryl methyl sites for hydroxylation is 3. The molecular formula is C17H16N4O4S. The number of non-ortho nitro benzene ring substituents is 1. The summed E-state index contributed by atoms with van der Waals surface area (Å²) in [7, 11) is 0. The van der Waals surface area contributed by atoms with E-state index in [-0.39, 0.29) is 17.8 Å². The summed E-state index contributed by atoms with van der Waals surface area (Å²) in [5.41, 5.74) is 1.51. The molecule has 0 saturated carbocycles. The number of nitrogens with zero attached hydrogens (tertiary/aromatic N) is 3. The van der Waals surface area contributed by atoms with E-state index in [1.807, 2.05) is 13.8 Å². The first kappa shape index (κ1) is 17.7. The van der Waals surface area contributed by atoms with Gasteiger partial charge in [0, 0.05) is 17.0 Å². The highest BCUT2D eigenvalue weighted by molar-refractivity contribution is 7.18. The van der Waals surface area contributed by atoms with E-state index < -0.39 is 10.8 Å². The molecule has 0 radical (unpaired) electrons. The minimum atomic E-state index is -0.529. The number of amides is 1. The van der Waals surface area contributed by atoms with E-state index in [9.17, 15) is 19.7 Å². The van der Waals surface area contributed by atoms with Crippen LogP contribution in [0.1, 0.15) is 16.0 Å². The van der Waals surface area contributed by atoms with Crippen molar-refractivity contribution in [3.05, 3.63) is 61.0 Å². The lowest BCUT2D eigenvalue weighted by Crippen LogP contribution is -2.28. The number of anilines is 1. The van der Waals surface area contributed by atoms with Gasteiger partial charge in [-0.05, 0) is 31.9 Å². The molecule has 8 nitrogen and oxygen atoms in total. The summed E-state index contributed by atoms with van der Waals surface area (Å²) in [5.74, 6) is -0.457. The monoisotopic (exact) mass is 372 g/mol. The average molecular weight is 372 g/mol. The van der Waals surface area contributed by atoms with Crippen molar-refractivity contribution in [2.24, 2.45) is 0 Å². The molecule has 0 fully saturated rings. The fourth-order valence-corrected chi connectivity index (χ4v) is 3.57. The molecule has 0 aliphatic carbocycles. The number of rotatable bonds is 4. The number of fused-ring (bicyclic) bond motifs is 1. The second kappa shape index (κ2) is 6.68. The van der Waals surface area contributed by atoms with Crippen molar-refractivity contribution >= 4 is 38.8 Å². The molecule has 9 heteroatoms. The Morgan fingerprint density at radius 2 is 2.08 bits per heavy atom. The van der Waals surface area contributed by atoms with Crippen LogP contribution in [0, 0.1) is 30.9 Å². The number of nitrogens with one attached hydrogen (secondary N) is 1. The van der Waals surface area contributed by atoms with Crippen molar-refractivity contribution in [1.82, 2.24) is 9.55 Å². The maximum absolute atomic E-state index is 12.6. The molecule has 1 aromatic carbocycles. The van der Waals surface area contributed by atoms with Crippen molar-refractivity contribution < 1.29 is 9.72 Å². The third kappa shape index (κ3) is 3.21. The standard InChI is InChI=1S/C17H16N4O4S/c1-9-4-5-12(21(24)25)6-13(9)19-14(22)7-20-8-18-16-15(17(20)23)10(2)11(3)26-16/h4-6,8H,7H2,1-3H3,(H,19,22). The van der Waals surface area contributed by atoms with Gasteiger partial charge in [0.15, 0.2) is 0 Å². The van der Waals surface area contributed by atoms with E-state index in [4.69, 9.17) is 0 Å². The summed E-state index contributed by atoms with van der Waals surface area (Å²) >= 11 is 1.44. The number of nitro groups is 1. The van der Waals surface area contributed by atoms with Crippen molar-refractivity contribution in [3.8, 4) is 0 Å². The van der Waals surface area contributed by atoms with Gasteiger partial charge in [-0.3, -0.25) is 24.3 Å². The number of hydrogen-bond acceptors (Lipinski definition) is 6. The largest absolute Gasteiger partial charge is 0.324 e. The molecule has 134 valence electrons. The highest BCUT2D eigenvalue weighted by Gasteiger charge is 2.15. The molecule has 2 heterocycles. The molecule has 3 rings (SSSR count). The Bertz CT molecular complexity index is 1100. The predicted octanol–water partition coefficient (Wildman–Crippen LogP) is 2.93. The Kier molecular flexibility index (Phi) is 4.56. The second-order valence-electron chi connectivity index (χ2n) is 5.95. The van der Waals surface area contributed by atoms with Crippen LogP contribution in [-0.2, 0) is 11.3 Å². The van der Waals surface area contributed by atoms with Crippen LogP contribution in [-0.4, -0.2) is 20.4 Å². The maximum atomic E-state index is 12.6. The molecule has 0 spiro atoms. The zero-order valence-corrected chi connectivity index (χ0v) is 15.2. The topological polar surface area (TPSA) is 107 Å². The minimum Gasteiger partial charge on any atom is -0.324 e. The molecular weight excluding hydrogens is 356 g/mol. The van der Waals surface area contributed by atoms with Crippen molar-refractivity contribution in [2.45, 2.75) is 27.3 Å². The third-order valence-electron chi connectivity index (χ3n) is 4.18. The summed E-state index contributed by atoms with van der Waals surface area (Å²) in [6, 6.07) is 4.23. The van der Waals surface area contributed by atoms with Gasteiger partial charge in [-0.2, -0.15) is 0 Å². The third-order valence-corrected chi connectivity index (χ3v) is 5.29. The summed E-state index contributed by atoms with van der Waals surface area (Å²) < 4.78 is 1.24. The molecule has 0 bridgehead atoms. The number of hydrogen-bond donors (Lipinski definition) is 1. The van der Waals surface area contributed by atoms with Gasteiger partial charge in [-0.25, -0.2) is 4.98 Å². The minimum absolute atomic E-state index is 0.115. The summed E-state index contributed by atoms with van der Waals surface area (Å²) in [6.45, 7) is 5.28. The highest BCUT2D eigenvalue weighted by Crippen LogP contribution is 2.25. The Morgan fingerprint density at radius 3 is 2.77 bits per heavy atom. The summed E-state index contributed by atoms with van der Waals surface area (Å²) in [6.07, 6.45) is 1.35. The summed E-state index contributed by atoms with van der Waals surface area (Å²) in [5, 5.41) is 14.0. The van der Waals surface area contributed by atoms with Crippen LogP contribution in [0.25, 0.3) is 10.2 Å². The van der Waals surface area contributed by atoms with E-state index in [2.05, 4.69) is 10.3 Å². The zero-order valence-electron chi connectivity index (χ0n) is 14.4. The van der Waals surface area contributed by atoms with Gasteiger partial charge >= 0.3 is 0 Å². The number of nitro benzene ring substituents is 1. The van der Waals surface area contributed by atoms with E-state index in [1.54, 1.807) is 13.0 Å². The number of benzene rings is 1. The first-order valence-corrected chi connectivity index (χ1v) is 8.59. The lowest BCUT2D eigenvalue weighted by Gasteiger charge is -2.09. The van der Waals surface area contributed by atoms with Crippen LogP contribution in [0.3, 0.4) is 0 Å². The lowest BCUT2D eigenvalue weighted by molar-refractivity contribution is -0.384. The normalized spacial score (nSPS) is 10.9. The molecule has 26 heavy (non-hydrogen) atoms. The highest BCUT2D eigenvalue weighted by atomic mass is 32.1. The van der Waals surface area contributed by atoms with Crippen LogP contribution >= 0.6 is 11.3 Å². The van der Waals surface area contributed by atoms with Crippen LogP contribution in [0.4, 0.5) is 11.4 Å². The van der Waals surface area contributed by atoms with Crippen molar-refractivity contribution in [3.63, 3.8) is 0 Å². The molecule has 0 aliphatic rings. The molecule has 1 N–H and O–H groups in total. The number of aromatic nitrogens is 2. The molecule has 0 atom stereocenters. The average Bonchev–Trinajstić information content (AvgIpc) is 2.87. The van der Waals surface area contributed by atoms with Gasteiger partial charge in [0.05, 0.1) is 22.3 Å². The Morgan fingerprint density at radius 1 is 1.35 bits per heavy atom. The quantitative estimate of drug-likeness (QED) is 0.560. The van der Waals surface area contributed by atoms with Gasteiger partial charge in [-0.1, -0.05) is 6.07 Å². The van der Waals surface area contributed by atoms with Crippen molar-refractivity contribution in [2.75, 3.05) is 5.32 Å². The van der Waals surface area contributed by atoms with Crippen LogP contribution in [0.15, 0.2) is 29.3 Å². The Hall–Kier alpha value is -3.07. The second-order valence-corrected chi connectivity index (χ2v) is 7.15. The lowest BCUT2D eigenvalue weighted by atomic mass is 10.2. The number of carbonyl (C=O) groups excluding carboxylic acids is 1. The fraction of sp³-hybridized carbons (Fsp3) is 0.235. The Balaban J connectivity index is 1.87. The van der Waals surface area contributed by atoms with E-state index in [0.717, 1.165) is 10.4 Å². The van der Waals surface area contributed by atoms with Gasteiger partial charge < -0.3 is 5.32 Å². The van der Waals surface area contributed by atoms with Crippen LogP contribution in [0.5, 0.6) is 0 Å². The molecule has 0 saturated heterocycles. The number of carbonyl (C=O) groups is 1. The van der Waals surface area contributed by atoms with E-state index in [0.29, 0.717) is 21.5 Å². The maximum Gasteiger partial charge on any atom is 0.271 e. The summed E-state index contributed by atoms with van der Waals surface area (Å²) in [4.78, 5) is 41.2. The van der Waals surface area contributed by atoms with Gasteiger partial charge in [-0.15, -0.1) is 11.3 Å². The smallest absolute Gasteiger partial charge is 0.271 e. The first-order chi connectivity index (χ1) is 12.3. The van der Waals surface area contributed by atoms with Crippen molar-refractivity contribution in [1.29, 1.82) is 0 Å². The van der Waals surface area contributed by atoms with E-state index >= 15 is 0 Å². The Labute approximate surface area is 152 Å². The molecule has 3 aromatic rings. The van der Waals surface area contributed by atoms with Gasteiger partial charge in [0.2, 0.25) is 5.91 Å². The molecule has 1 amide bonds. The predicted molar refractivity (Wildman–Crippen MR) is 99.8 cm³/mol. The van der Waals surface area contributed by atoms with Crippen LogP contribution < -0.4 is 10.9 Å².